The highest BCUT2D eigenvalue weighted by Gasteiger charge is 2.13. The molecule has 0 atom stereocenters. The number of ether oxygens (including phenoxy) is 1. The average molecular weight is 266 g/mol. The lowest BCUT2D eigenvalue weighted by Gasteiger charge is -2.12. The molecule has 1 aromatic carbocycles. The average Bonchev–Trinajstić information content (AvgIpc) is 2.95. The van der Waals surface area contributed by atoms with Crippen LogP contribution in [0.5, 0.6) is 5.75 Å². The molecule has 0 aliphatic carbocycles. The lowest BCUT2D eigenvalue weighted by Crippen LogP contribution is -2.19. The summed E-state index contributed by atoms with van der Waals surface area (Å²) in [5.41, 5.74) is 3.28. The Morgan fingerprint density at radius 1 is 1.30 bits per heavy atom. The van der Waals surface area contributed by atoms with E-state index < -0.39 is 0 Å². The van der Waals surface area contributed by atoms with E-state index in [1.807, 2.05) is 12.1 Å². The molecule has 3 rings (SSSR count). The Kier molecular flexibility index (Phi) is 3.21. The summed E-state index contributed by atoms with van der Waals surface area (Å²) in [7, 11) is 1.80. The number of benzene rings is 1. The van der Waals surface area contributed by atoms with Crippen molar-refractivity contribution >= 4 is 5.95 Å². The van der Waals surface area contributed by atoms with Gasteiger partial charge in [0.15, 0.2) is 0 Å². The molecule has 0 amide bonds. The molecule has 0 unspecified atom stereocenters. The molecule has 5 nitrogen and oxygen atoms in total. The normalized spacial score (nSPS) is 12.4. The number of hydrogen-bond donors (Lipinski definition) is 0. The zero-order chi connectivity index (χ0) is 13.9. The second-order valence-electron chi connectivity index (χ2n) is 4.71. The van der Waals surface area contributed by atoms with Crippen LogP contribution in [0.25, 0.3) is 11.1 Å². The fourth-order valence-corrected chi connectivity index (χ4v) is 2.21. The first-order valence-electron chi connectivity index (χ1n) is 6.44. The van der Waals surface area contributed by atoms with Crippen LogP contribution in [0.2, 0.25) is 0 Å². The van der Waals surface area contributed by atoms with Crippen LogP contribution in [0, 0.1) is 11.3 Å². The zero-order valence-electron chi connectivity index (χ0n) is 11.2. The second kappa shape index (κ2) is 5.17. The molecule has 0 fully saturated rings. The molecule has 2 aromatic rings. The Hall–Kier alpha value is -2.61. The van der Waals surface area contributed by atoms with Crippen molar-refractivity contribution in [3.63, 3.8) is 0 Å². The summed E-state index contributed by atoms with van der Waals surface area (Å²) in [6.07, 6.45) is 4.52. The molecule has 0 bridgehead atoms. The number of nitrogens with zero attached hydrogens (tertiary/aromatic N) is 4. The number of fused-ring (bicyclic) bond motifs is 1. The minimum Gasteiger partial charge on any atom is -0.493 e. The van der Waals surface area contributed by atoms with Crippen molar-refractivity contribution in [1.82, 2.24) is 9.97 Å². The Bertz CT molecular complexity index is 661. The van der Waals surface area contributed by atoms with Crippen LogP contribution in [0.15, 0.2) is 30.6 Å². The van der Waals surface area contributed by atoms with E-state index in [0.717, 1.165) is 29.9 Å². The van der Waals surface area contributed by atoms with Crippen LogP contribution in [0.4, 0.5) is 5.95 Å². The maximum absolute atomic E-state index is 8.66. The van der Waals surface area contributed by atoms with Gasteiger partial charge >= 0.3 is 0 Å². The van der Waals surface area contributed by atoms with Gasteiger partial charge in [-0.05, 0) is 23.3 Å². The van der Waals surface area contributed by atoms with Gasteiger partial charge in [0.2, 0.25) is 5.95 Å². The lowest BCUT2D eigenvalue weighted by molar-refractivity contribution is 0.357. The largest absolute Gasteiger partial charge is 0.493 e. The number of rotatable bonds is 3. The van der Waals surface area contributed by atoms with Gasteiger partial charge in [-0.3, -0.25) is 0 Å². The van der Waals surface area contributed by atoms with E-state index in [4.69, 9.17) is 10.00 Å². The SMILES string of the molecule is CN(CC#N)c1ncc(-c2ccc3c(c2)CCO3)cn1. The van der Waals surface area contributed by atoms with Gasteiger partial charge in [0.25, 0.3) is 0 Å². The first-order chi connectivity index (χ1) is 9.78. The fourth-order valence-electron chi connectivity index (χ4n) is 2.21. The second-order valence-corrected chi connectivity index (χ2v) is 4.71. The third-order valence-electron chi connectivity index (χ3n) is 3.31. The first kappa shape index (κ1) is 12.4. The first-order valence-corrected chi connectivity index (χ1v) is 6.44. The Balaban J connectivity index is 1.86. The molecule has 0 saturated carbocycles. The minimum absolute atomic E-state index is 0.273. The maximum Gasteiger partial charge on any atom is 0.225 e. The summed E-state index contributed by atoms with van der Waals surface area (Å²) in [5.74, 6) is 1.53. The van der Waals surface area contributed by atoms with Gasteiger partial charge in [-0.1, -0.05) is 6.07 Å². The standard InChI is InChI=1S/C15H14N4O/c1-19(6-5-16)15-17-9-13(10-18-15)11-2-3-14-12(8-11)4-7-20-14/h2-3,8-10H,4,6-7H2,1H3. The van der Waals surface area contributed by atoms with E-state index in [-0.39, 0.29) is 6.54 Å². The molecule has 0 radical (unpaired) electrons. The van der Waals surface area contributed by atoms with E-state index in [1.165, 1.54) is 5.56 Å². The highest BCUT2D eigenvalue weighted by Crippen LogP contribution is 2.30. The maximum atomic E-state index is 8.66. The van der Waals surface area contributed by atoms with E-state index >= 15 is 0 Å². The van der Waals surface area contributed by atoms with E-state index in [2.05, 4.69) is 22.1 Å². The third kappa shape index (κ3) is 2.28. The molecule has 2 heterocycles. The third-order valence-corrected chi connectivity index (χ3v) is 3.31. The number of aromatic nitrogens is 2. The smallest absolute Gasteiger partial charge is 0.225 e. The molecule has 100 valence electrons. The van der Waals surface area contributed by atoms with E-state index in [1.54, 1.807) is 24.3 Å². The van der Waals surface area contributed by atoms with Crippen molar-refractivity contribution in [2.75, 3.05) is 25.1 Å². The monoisotopic (exact) mass is 266 g/mol. The Morgan fingerprint density at radius 3 is 2.85 bits per heavy atom. The summed E-state index contributed by atoms with van der Waals surface area (Å²) in [4.78, 5) is 10.3. The highest BCUT2D eigenvalue weighted by atomic mass is 16.5. The molecule has 20 heavy (non-hydrogen) atoms. The topological polar surface area (TPSA) is 62.0 Å². The molecular weight excluding hydrogens is 252 g/mol. The van der Waals surface area contributed by atoms with Crippen molar-refractivity contribution in [1.29, 1.82) is 5.26 Å². The van der Waals surface area contributed by atoms with Crippen molar-refractivity contribution in [3.05, 3.63) is 36.2 Å². The van der Waals surface area contributed by atoms with Crippen molar-refractivity contribution in [3.8, 4) is 22.9 Å². The molecular formula is C15H14N4O. The Morgan fingerprint density at radius 2 is 2.10 bits per heavy atom. The van der Waals surface area contributed by atoms with E-state index in [0.29, 0.717) is 5.95 Å². The van der Waals surface area contributed by atoms with Crippen molar-refractivity contribution in [2.24, 2.45) is 0 Å². The quantitative estimate of drug-likeness (QED) is 0.795. The lowest BCUT2D eigenvalue weighted by atomic mass is 10.0. The predicted octanol–water partition coefficient (Wildman–Crippen LogP) is 2.04. The summed E-state index contributed by atoms with van der Waals surface area (Å²) in [5, 5.41) is 8.66. The van der Waals surface area contributed by atoms with Crippen LogP contribution < -0.4 is 9.64 Å². The minimum atomic E-state index is 0.273. The number of nitriles is 1. The predicted molar refractivity (Wildman–Crippen MR) is 75.6 cm³/mol. The van der Waals surface area contributed by atoms with Gasteiger partial charge in [0, 0.05) is 31.4 Å². The van der Waals surface area contributed by atoms with Gasteiger partial charge in [-0.2, -0.15) is 5.26 Å². The van der Waals surface area contributed by atoms with Crippen molar-refractivity contribution < 1.29 is 4.74 Å². The molecule has 1 aliphatic heterocycles. The molecule has 5 heteroatoms. The van der Waals surface area contributed by atoms with Gasteiger partial charge in [-0.15, -0.1) is 0 Å². The molecule has 0 spiro atoms. The van der Waals surface area contributed by atoms with Crippen molar-refractivity contribution in [2.45, 2.75) is 6.42 Å². The molecule has 0 N–H and O–H groups in total. The summed E-state index contributed by atoms with van der Waals surface area (Å²) in [6, 6.07) is 8.21. The zero-order valence-corrected chi connectivity index (χ0v) is 11.2. The van der Waals surface area contributed by atoms with Crippen LogP contribution >= 0.6 is 0 Å². The fraction of sp³-hybridized carbons (Fsp3) is 0.267. The van der Waals surface area contributed by atoms with Gasteiger partial charge < -0.3 is 9.64 Å². The van der Waals surface area contributed by atoms with Crippen LogP contribution in [-0.4, -0.2) is 30.2 Å². The van der Waals surface area contributed by atoms with Gasteiger partial charge in [0.05, 0.1) is 12.7 Å². The molecule has 1 aliphatic rings. The summed E-state index contributed by atoms with van der Waals surface area (Å²) in [6.45, 7) is 1.03. The molecule has 1 aromatic heterocycles. The van der Waals surface area contributed by atoms with Gasteiger partial charge in [-0.25, -0.2) is 9.97 Å². The van der Waals surface area contributed by atoms with E-state index in [9.17, 15) is 0 Å². The molecule has 0 saturated heterocycles. The number of anilines is 1. The van der Waals surface area contributed by atoms with Crippen LogP contribution in [0.3, 0.4) is 0 Å². The number of hydrogen-bond acceptors (Lipinski definition) is 5. The van der Waals surface area contributed by atoms with Crippen LogP contribution in [-0.2, 0) is 6.42 Å². The van der Waals surface area contributed by atoms with Gasteiger partial charge in [0.1, 0.15) is 12.3 Å². The van der Waals surface area contributed by atoms with Crippen LogP contribution in [0.1, 0.15) is 5.56 Å². The highest BCUT2D eigenvalue weighted by molar-refractivity contribution is 5.65. The Labute approximate surface area is 117 Å². The summed E-state index contributed by atoms with van der Waals surface area (Å²) >= 11 is 0. The summed E-state index contributed by atoms with van der Waals surface area (Å²) < 4.78 is 5.50.